The van der Waals surface area contributed by atoms with Crippen LogP contribution in [0.4, 0.5) is 4.79 Å². The van der Waals surface area contributed by atoms with Crippen molar-refractivity contribution < 1.29 is 19.8 Å². The normalized spacial score (nSPS) is 11.7. The average Bonchev–Trinajstić information content (AvgIpc) is 2.33. The number of pyridine rings is 1. The van der Waals surface area contributed by atoms with Crippen LogP contribution in [0, 0.1) is 6.92 Å². The Morgan fingerprint density at radius 1 is 1.44 bits per heavy atom. The van der Waals surface area contributed by atoms with Gasteiger partial charge >= 0.3 is 12.0 Å². The monoisotopic (exact) mass is 253 g/mol. The first-order valence-corrected chi connectivity index (χ1v) is 5.33. The molecule has 4 N–H and O–H groups in total. The first kappa shape index (κ1) is 13.9. The lowest BCUT2D eigenvalue weighted by Gasteiger charge is -2.12. The summed E-state index contributed by atoms with van der Waals surface area (Å²) in [6.45, 7) is 1.35. The van der Waals surface area contributed by atoms with E-state index in [2.05, 4.69) is 15.6 Å². The minimum Gasteiger partial charge on any atom is -0.480 e. The van der Waals surface area contributed by atoms with E-state index < -0.39 is 24.6 Å². The van der Waals surface area contributed by atoms with Crippen LogP contribution in [0.1, 0.15) is 11.4 Å². The molecule has 0 saturated carbocycles. The van der Waals surface area contributed by atoms with E-state index in [-0.39, 0.29) is 6.54 Å². The minimum absolute atomic E-state index is 0.186. The van der Waals surface area contributed by atoms with Crippen LogP contribution in [0.25, 0.3) is 0 Å². The number of carbonyl (C=O) groups is 2. The molecule has 0 aromatic carbocycles. The van der Waals surface area contributed by atoms with Crippen molar-refractivity contribution in [3.63, 3.8) is 0 Å². The first-order valence-electron chi connectivity index (χ1n) is 5.33. The topological polar surface area (TPSA) is 112 Å². The lowest BCUT2D eigenvalue weighted by molar-refractivity contribution is -0.140. The fourth-order valence-corrected chi connectivity index (χ4v) is 1.26. The number of aliphatic carboxylic acids is 1. The smallest absolute Gasteiger partial charge is 0.328 e. The third-order valence-corrected chi connectivity index (χ3v) is 2.16. The second-order valence-corrected chi connectivity index (χ2v) is 3.67. The van der Waals surface area contributed by atoms with Crippen LogP contribution in [0.15, 0.2) is 18.2 Å². The Labute approximate surface area is 104 Å². The maximum Gasteiger partial charge on any atom is 0.328 e. The predicted molar refractivity (Wildman–Crippen MR) is 62.9 cm³/mol. The highest BCUT2D eigenvalue weighted by atomic mass is 16.4. The summed E-state index contributed by atoms with van der Waals surface area (Å²) >= 11 is 0. The lowest BCUT2D eigenvalue weighted by Crippen LogP contribution is -2.47. The summed E-state index contributed by atoms with van der Waals surface area (Å²) in [4.78, 5) is 26.1. The van der Waals surface area contributed by atoms with Gasteiger partial charge in [-0.1, -0.05) is 6.07 Å². The molecule has 0 spiro atoms. The van der Waals surface area contributed by atoms with Crippen molar-refractivity contribution in [1.82, 2.24) is 15.6 Å². The Hall–Kier alpha value is -2.15. The van der Waals surface area contributed by atoms with Gasteiger partial charge in [0.15, 0.2) is 6.04 Å². The summed E-state index contributed by atoms with van der Waals surface area (Å²) in [7, 11) is 0. The molecule has 0 aliphatic rings. The molecule has 7 heteroatoms. The largest absolute Gasteiger partial charge is 0.480 e. The zero-order valence-electron chi connectivity index (χ0n) is 9.88. The number of aliphatic hydroxyl groups excluding tert-OH is 1. The van der Waals surface area contributed by atoms with Gasteiger partial charge in [-0.15, -0.1) is 0 Å². The fraction of sp³-hybridized carbons (Fsp3) is 0.364. The van der Waals surface area contributed by atoms with E-state index in [9.17, 15) is 9.59 Å². The number of aryl methyl sites for hydroxylation is 1. The summed E-state index contributed by atoms with van der Waals surface area (Å²) in [6.07, 6.45) is 0. The van der Waals surface area contributed by atoms with Gasteiger partial charge in [-0.05, 0) is 19.1 Å². The van der Waals surface area contributed by atoms with Gasteiger partial charge in [-0.3, -0.25) is 4.98 Å². The molecule has 1 aromatic rings. The number of nitrogens with one attached hydrogen (secondary N) is 2. The summed E-state index contributed by atoms with van der Waals surface area (Å²) in [5.41, 5.74) is 1.49. The number of carboxylic acid groups (broad SMARTS) is 1. The summed E-state index contributed by atoms with van der Waals surface area (Å²) in [6, 6.07) is 3.41. The number of aromatic nitrogens is 1. The first-order chi connectivity index (χ1) is 8.52. The third kappa shape index (κ3) is 4.38. The number of urea groups is 1. The number of hydrogen-bond donors (Lipinski definition) is 4. The molecule has 1 atom stereocenters. The summed E-state index contributed by atoms with van der Waals surface area (Å²) in [5.74, 6) is -1.29. The molecule has 0 fully saturated rings. The molecule has 0 saturated heterocycles. The van der Waals surface area contributed by atoms with Gasteiger partial charge in [-0.2, -0.15) is 0 Å². The van der Waals surface area contributed by atoms with Crippen LogP contribution in [0.2, 0.25) is 0 Å². The van der Waals surface area contributed by atoms with Gasteiger partial charge in [0, 0.05) is 5.69 Å². The number of hydrogen-bond acceptors (Lipinski definition) is 4. The van der Waals surface area contributed by atoms with Crippen molar-refractivity contribution in [2.24, 2.45) is 0 Å². The minimum atomic E-state index is -1.31. The summed E-state index contributed by atoms with van der Waals surface area (Å²) < 4.78 is 0. The highest BCUT2D eigenvalue weighted by Gasteiger charge is 2.18. The molecule has 18 heavy (non-hydrogen) atoms. The maximum absolute atomic E-state index is 11.4. The van der Waals surface area contributed by atoms with Gasteiger partial charge in [0.05, 0.1) is 18.8 Å². The second kappa shape index (κ2) is 6.55. The lowest BCUT2D eigenvalue weighted by atomic mass is 10.3. The number of carboxylic acids is 1. The van der Waals surface area contributed by atoms with Gasteiger partial charge in [-0.25, -0.2) is 9.59 Å². The molecule has 7 nitrogen and oxygen atoms in total. The maximum atomic E-state index is 11.4. The molecule has 2 amide bonds. The van der Waals surface area contributed by atoms with Crippen LogP contribution in [-0.2, 0) is 11.3 Å². The molecular weight excluding hydrogens is 238 g/mol. The van der Waals surface area contributed by atoms with E-state index in [0.717, 1.165) is 5.69 Å². The SMILES string of the molecule is Cc1cccc(CNC(=O)N[C@H](CO)C(=O)O)n1. The molecule has 0 aliphatic carbocycles. The number of rotatable bonds is 5. The predicted octanol–water partition coefficient (Wildman–Crippen LogP) is -0.365. The average molecular weight is 253 g/mol. The van der Waals surface area contributed by atoms with Gasteiger partial charge in [0.1, 0.15) is 0 Å². The van der Waals surface area contributed by atoms with E-state index in [0.29, 0.717) is 5.69 Å². The Kier molecular flexibility index (Phi) is 5.06. The third-order valence-electron chi connectivity index (χ3n) is 2.16. The Morgan fingerprint density at radius 3 is 2.72 bits per heavy atom. The highest BCUT2D eigenvalue weighted by Crippen LogP contribution is 1.97. The molecule has 1 aromatic heterocycles. The highest BCUT2D eigenvalue weighted by molar-refractivity contribution is 5.82. The zero-order valence-corrected chi connectivity index (χ0v) is 9.88. The summed E-state index contributed by atoms with van der Waals surface area (Å²) in [5, 5.41) is 21.9. The number of amides is 2. The van der Waals surface area contributed by atoms with E-state index in [1.54, 1.807) is 6.07 Å². The van der Waals surface area contributed by atoms with Crippen molar-refractivity contribution in [2.45, 2.75) is 19.5 Å². The van der Waals surface area contributed by atoms with E-state index in [1.807, 2.05) is 19.1 Å². The molecule has 98 valence electrons. The number of aliphatic hydroxyl groups is 1. The van der Waals surface area contributed by atoms with E-state index in [1.165, 1.54) is 0 Å². The number of nitrogens with zero attached hydrogens (tertiary/aromatic N) is 1. The van der Waals surface area contributed by atoms with Crippen molar-refractivity contribution in [1.29, 1.82) is 0 Å². The molecule has 0 unspecified atom stereocenters. The molecular formula is C11H15N3O4. The van der Waals surface area contributed by atoms with Crippen LogP contribution >= 0.6 is 0 Å². The molecule has 1 heterocycles. The van der Waals surface area contributed by atoms with E-state index >= 15 is 0 Å². The van der Waals surface area contributed by atoms with Crippen LogP contribution in [-0.4, -0.2) is 39.8 Å². The van der Waals surface area contributed by atoms with Gasteiger partial charge in [0.2, 0.25) is 0 Å². The van der Waals surface area contributed by atoms with Gasteiger partial charge in [0.25, 0.3) is 0 Å². The fourth-order valence-electron chi connectivity index (χ4n) is 1.26. The van der Waals surface area contributed by atoms with Gasteiger partial charge < -0.3 is 20.8 Å². The van der Waals surface area contributed by atoms with Crippen molar-refractivity contribution in [3.05, 3.63) is 29.6 Å². The Morgan fingerprint density at radius 2 is 2.17 bits per heavy atom. The molecule has 0 aliphatic heterocycles. The van der Waals surface area contributed by atoms with Crippen LogP contribution in [0.5, 0.6) is 0 Å². The van der Waals surface area contributed by atoms with E-state index in [4.69, 9.17) is 10.2 Å². The Balaban J connectivity index is 2.44. The quantitative estimate of drug-likeness (QED) is 0.572. The molecule has 0 radical (unpaired) electrons. The van der Waals surface area contributed by atoms with Crippen molar-refractivity contribution in [3.8, 4) is 0 Å². The Bertz CT molecular complexity index is 436. The molecule has 1 rings (SSSR count). The number of carbonyl (C=O) groups excluding carboxylic acids is 1. The van der Waals surface area contributed by atoms with Crippen LogP contribution in [0.3, 0.4) is 0 Å². The zero-order chi connectivity index (χ0) is 13.5. The standard InChI is InChI=1S/C11H15N3O4/c1-7-3-2-4-8(13-7)5-12-11(18)14-9(6-15)10(16)17/h2-4,9,15H,5-6H2,1H3,(H,16,17)(H2,12,14,18)/t9-/m1/s1. The second-order valence-electron chi connectivity index (χ2n) is 3.67. The van der Waals surface area contributed by atoms with Crippen LogP contribution < -0.4 is 10.6 Å². The van der Waals surface area contributed by atoms with Crippen molar-refractivity contribution in [2.75, 3.05) is 6.61 Å². The molecule has 0 bridgehead atoms. The van der Waals surface area contributed by atoms with Crippen molar-refractivity contribution >= 4 is 12.0 Å².